The second-order valence-corrected chi connectivity index (χ2v) is 7.46. The minimum absolute atomic E-state index is 0.180. The van der Waals surface area contributed by atoms with Gasteiger partial charge in [-0.2, -0.15) is 0 Å². The number of aliphatic imine (C=N–C) groups is 1. The summed E-state index contributed by atoms with van der Waals surface area (Å²) in [6.45, 7) is 1.51. The summed E-state index contributed by atoms with van der Waals surface area (Å²) >= 11 is 0. The molecule has 3 aromatic carbocycles. The van der Waals surface area contributed by atoms with Gasteiger partial charge in [0.1, 0.15) is 11.9 Å². The van der Waals surface area contributed by atoms with Gasteiger partial charge in [-0.25, -0.2) is 0 Å². The van der Waals surface area contributed by atoms with Crippen LogP contribution in [0.4, 0.5) is 11.4 Å². The molecule has 8 nitrogen and oxygen atoms in total. The maximum Gasteiger partial charge on any atom is 0.307 e. The molecule has 1 atom stereocenters. The summed E-state index contributed by atoms with van der Waals surface area (Å²) in [6, 6.07) is 23.2. The Morgan fingerprint density at radius 3 is 2.55 bits per heavy atom. The number of nitrogens with one attached hydrogen (secondary N) is 3. The van der Waals surface area contributed by atoms with E-state index < -0.39 is 12.1 Å². The summed E-state index contributed by atoms with van der Waals surface area (Å²) in [5.41, 5.74) is 2.55. The first-order valence-electron chi connectivity index (χ1n) is 10.6. The highest BCUT2D eigenvalue weighted by molar-refractivity contribution is 6.05. The van der Waals surface area contributed by atoms with Gasteiger partial charge >= 0.3 is 5.97 Å². The lowest BCUT2D eigenvalue weighted by Crippen LogP contribution is -2.26. The molecule has 0 aromatic heterocycles. The second-order valence-electron chi connectivity index (χ2n) is 7.46. The molecule has 1 unspecified atom stereocenters. The lowest BCUT2D eigenvalue weighted by molar-refractivity contribution is -0.138. The van der Waals surface area contributed by atoms with Crippen LogP contribution in [0.2, 0.25) is 0 Å². The van der Waals surface area contributed by atoms with Crippen molar-refractivity contribution >= 4 is 29.2 Å². The maximum atomic E-state index is 12.8. The number of guanidine groups is 1. The Balaban J connectivity index is 1.45. The van der Waals surface area contributed by atoms with E-state index in [-0.39, 0.29) is 12.3 Å². The number of nitrogens with zero attached hydrogens (tertiary/aromatic N) is 1. The Hall–Kier alpha value is -4.33. The predicted octanol–water partition coefficient (Wildman–Crippen LogP) is 3.90. The van der Waals surface area contributed by atoms with Crippen LogP contribution in [-0.2, 0) is 4.79 Å². The molecular formula is C25H24N4O4. The fourth-order valence-electron chi connectivity index (χ4n) is 3.43. The number of carboxylic acids is 1. The molecule has 168 valence electrons. The van der Waals surface area contributed by atoms with Crippen LogP contribution in [0.15, 0.2) is 83.9 Å². The van der Waals surface area contributed by atoms with Gasteiger partial charge in [-0.1, -0.05) is 42.5 Å². The van der Waals surface area contributed by atoms with E-state index in [0.717, 1.165) is 24.3 Å². The van der Waals surface area contributed by atoms with Crippen LogP contribution in [-0.4, -0.2) is 36.0 Å². The van der Waals surface area contributed by atoms with E-state index in [2.05, 4.69) is 20.9 Å². The number of carboxylic acid groups (broad SMARTS) is 1. The number of aliphatic carboxylic acids is 1. The van der Waals surface area contributed by atoms with Crippen LogP contribution >= 0.6 is 0 Å². The third-order valence-electron chi connectivity index (χ3n) is 4.96. The van der Waals surface area contributed by atoms with Crippen molar-refractivity contribution in [2.75, 3.05) is 23.7 Å². The molecule has 4 rings (SSSR count). The molecule has 4 N–H and O–H groups in total. The number of benzene rings is 3. The summed E-state index contributed by atoms with van der Waals surface area (Å²) in [5, 5.41) is 18.4. The average Bonchev–Trinajstić information content (AvgIpc) is 3.32. The molecule has 8 heteroatoms. The van der Waals surface area contributed by atoms with Crippen molar-refractivity contribution in [2.45, 2.75) is 12.5 Å². The average molecular weight is 444 g/mol. The highest BCUT2D eigenvalue weighted by atomic mass is 16.5. The van der Waals surface area contributed by atoms with Gasteiger partial charge in [0.25, 0.3) is 5.91 Å². The minimum atomic E-state index is -0.958. The molecule has 1 aliphatic rings. The number of anilines is 2. The van der Waals surface area contributed by atoms with Gasteiger partial charge < -0.3 is 25.8 Å². The zero-order valence-electron chi connectivity index (χ0n) is 17.8. The maximum absolute atomic E-state index is 12.8. The van der Waals surface area contributed by atoms with Crippen molar-refractivity contribution in [3.05, 3.63) is 90.0 Å². The van der Waals surface area contributed by atoms with Gasteiger partial charge in [-0.15, -0.1) is 0 Å². The van der Waals surface area contributed by atoms with Gasteiger partial charge in [-0.05, 0) is 35.9 Å². The van der Waals surface area contributed by atoms with Crippen molar-refractivity contribution in [3.63, 3.8) is 0 Å². The van der Waals surface area contributed by atoms with E-state index in [1.54, 1.807) is 42.5 Å². The van der Waals surface area contributed by atoms with Crippen molar-refractivity contribution in [1.29, 1.82) is 0 Å². The summed E-state index contributed by atoms with van der Waals surface area (Å²) in [6.07, 6.45) is -0.829. The Morgan fingerprint density at radius 1 is 1.00 bits per heavy atom. The van der Waals surface area contributed by atoms with Crippen LogP contribution < -0.4 is 20.7 Å². The number of hydrogen-bond acceptors (Lipinski definition) is 6. The molecule has 0 saturated heterocycles. The molecule has 0 bridgehead atoms. The summed E-state index contributed by atoms with van der Waals surface area (Å²) in [5.74, 6) is -0.0850. The fourth-order valence-corrected chi connectivity index (χ4v) is 3.43. The van der Waals surface area contributed by atoms with Crippen LogP contribution in [0.1, 0.15) is 28.4 Å². The molecule has 1 heterocycles. The Labute approximate surface area is 191 Å². The highest BCUT2D eigenvalue weighted by Crippen LogP contribution is 2.27. The number of carbonyl (C=O) groups is 2. The Bertz CT molecular complexity index is 1160. The topological polar surface area (TPSA) is 112 Å². The second kappa shape index (κ2) is 10.3. The smallest absolute Gasteiger partial charge is 0.307 e. The van der Waals surface area contributed by atoms with E-state index in [4.69, 9.17) is 4.74 Å². The lowest BCUT2D eigenvalue weighted by Gasteiger charge is -2.18. The van der Waals surface area contributed by atoms with E-state index in [9.17, 15) is 14.7 Å². The third-order valence-corrected chi connectivity index (χ3v) is 4.96. The predicted molar refractivity (Wildman–Crippen MR) is 127 cm³/mol. The molecule has 3 aromatic rings. The normalized spacial score (nSPS) is 13.4. The number of hydrogen-bond donors (Lipinski definition) is 4. The SMILES string of the molecule is O=C(O)CC(Oc1cccc(NC(=O)c2cccc(NC3=NCCN3)c2)c1)c1ccccc1. The number of rotatable bonds is 8. The molecule has 1 aliphatic heterocycles. The van der Waals surface area contributed by atoms with Crippen molar-refractivity contribution in [3.8, 4) is 5.75 Å². The van der Waals surface area contributed by atoms with Gasteiger partial charge in [0.2, 0.25) is 0 Å². The monoisotopic (exact) mass is 444 g/mol. The quantitative estimate of drug-likeness (QED) is 0.419. The van der Waals surface area contributed by atoms with Gasteiger partial charge in [0.15, 0.2) is 5.96 Å². The first-order chi connectivity index (χ1) is 16.1. The fraction of sp³-hybridized carbons (Fsp3) is 0.160. The van der Waals surface area contributed by atoms with Gasteiger partial charge in [0.05, 0.1) is 13.0 Å². The van der Waals surface area contributed by atoms with Crippen LogP contribution in [0.3, 0.4) is 0 Å². The zero-order chi connectivity index (χ0) is 23.0. The van der Waals surface area contributed by atoms with Gasteiger partial charge in [-0.3, -0.25) is 14.6 Å². The molecule has 0 aliphatic carbocycles. The molecule has 0 spiro atoms. The Morgan fingerprint density at radius 2 is 1.79 bits per heavy atom. The van der Waals surface area contributed by atoms with Crippen LogP contribution in [0.25, 0.3) is 0 Å². The number of ether oxygens (including phenoxy) is 1. The highest BCUT2D eigenvalue weighted by Gasteiger charge is 2.18. The standard InChI is InChI=1S/C25H24N4O4/c30-23(31)16-22(17-6-2-1-3-7-17)33-21-11-5-10-20(15-21)28-24(32)18-8-4-9-19(14-18)29-25-26-12-13-27-25/h1-11,14-15,22H,12-13,16H2,(H,28,32)(H,30,31)(H2,26,27,29). The van der Waals surface area contributed by atoms with Crippen molar-refractivity contribution in [2.24, 2.45) is 4.99 Å². The van der Waals surface area contributed by atoms with Gasteiger partial charge in [0, 0.05) is 29.5 Å². The molecule has 0 radical (unpaired) electrons. The van der Waals surface area contributed by atoms with E-state index in [0.29, 0.717) is 23.0 Å². The zero-order valence-corrected chi connectivity index (χ0v) is 17.8. The lowest BCUT2D eigenvalue weighted by atomic mass is 10.1. The number of amides is 1. The largest absolute Gasteiger partial charge is 0.485 e. The molecule has 0 fully saturated rings. The number of carbonyl (C=O) groups excluding carboxylic acids is 1. The molecule has 33 heavy (non-hydrogen) atoms. The van der Waals surface area contributed by atoms with E-state index >= 15 is 0 Å². The summed E-state index contributed by atoms with van der Waals surface area (Å²) in [4.78, 5) is 28.4. The minimum Gasteiger partial charge on any atom is -0.485 e. The summed E-state index contributed by atoms with van der Waals surface area (Å²) < 4.78 is 5.97. The van der Waals surface area contributed by atoms with Crippen molar-refractivity contribution in [1.82, 2.24) is 5.32 Å². The first kappa shape index (κ1) is 21.9. The molecular weight excluding hydrogens is 420 g/mol. The molecule has 0 saturated carbocycles. The third kappa shape index (κ3) is 6.10. The summed E-state index contributed by atoms with van der Waals surface area (Å²) in [7, 11) is 0. The first-order valence-corrected chi connectivity index (χ1v) is 10.6. The van der Waals surface area contributed by atoms with Crippen LogP contribution in [0.5, 0.6) is 5.75 Å². The van der Waals surface area contributed by atoms with Crippen molar-refractivity contribution < 1.29 is 19.4 Å². The Kier molecular flexibility index (Phi) is 6.84. The molecule has 1 amide bonds. The van der Waals surface area contributed by atoms with E-state index in [1.165, 1.54) is 0 Å². The van der Waals surface area contributed by atoms with E-state index in [1.807, 2.05) is 36.4 Å². The van der Waals surface area contributed by atoms with Crippen LogP contribution in [0, 0.1) is 0 Å².